The SMILES string of the molecule is COCCOCCNC(CC(C)(C)C)c1ccccc1. The second-order valence-electron chi connectivity index (χ2n) is 6.29. The third-order valence-corrected chi connectivity index (χ3v) is 3.09. The zero-order valence-corrected chi connectivity index (χ0v) is 13.3. The Morgan fingerprint density at radius 3 is 2.35 bits per heavy atom. The molecule has 3 heteroatoms. The van der Waals surface area contributed by atoms with E-state index in [1.54, 1.807) is 7.11 Å². The van der Waals surface area contributed by atoms with Crippen LogP contribution < -0.4 is 5.32 Å². The molecule has 0 aliphatic rings. The van der Waals surface area contributed by atoms with E-state index in [-0.39, 0.29) is 0 Å². The highest BCUT2D eigenvalue weighted by atomic mass is 16.5. The minimum Gasteiger partial charge on any atom is -0.382 e. The van der Waals surface area contributed by atoms with Gasteiger partial charge in [-0.25, -0.2) is 0 Å². The van der Waals surface area contributed by atoms with Gasteiger partial charge in [-0.15, -0.1) is 0 Å². The van der Waals surface area contributed by atoms with Crippen LogP contribution in [0.1, 0.15) is 38.8 Å². The second-order valence-corrected chi connectivity index (χ2v) is 6.29. The summed E-state index contributed by atoms with van der Waals surface area (Å²) in [5.41, 5.74) is 1.64. The lowest BCUT2D eigenvalue weighted by molar-refractivity contribution is 0.0704. The van der Waals surface area contributed by atoms with Crippen LogP contribution in [0, 0.1) is 5.41 Å². The maximum absolute atomic E-state index is 5.50. The normalized spacial score (nSPS) is 13.4. The third kappa shape index (κ3) is 7.63. The van der Waals surface area contributed by atoms with Crippen molar-refractivity contribution in [2.24, 2.45) is 5.41 Å². The van der Waals surface area contributed by atoms with Crippen molar-refractivity contribution < 1.29 is 9.47 Å². The summed E-state index contributed by atoms with van der Waals surface area (Å²) in [6, 6.07) is 11.0. The topological polar surface area (TPSA) is 30.5 Å². The summed E-state index contributed by atoms with van der Waals surface area (Å²) in [6.07, 6.45) is 1.11. The predicted molar refractivity (Wildman–Crippen MR) is 84.0 cm³/mol. The highest BCUT2D eigenvalue weighted by Gasteiger charge is 2.19. The molecule has 0 heterocycles. The third-order valence-electron chi connectivity index (χ3n) is 3.09. The number of rotatable bonds is 9. The summed E-state index contributed by atoms with van der Waals surface area (Å²) in [5, 5.41) is 3.60. The molecule has 3 nitrogen and oxygen atoms in total. The van der Waals surface area contributed by atoms with Crippen molar-refractivity contribution in [2.75, 3.05) is 33.5 Å². The molecule has 0 bridgehead atoms. The Morgan fingerprint density at radius 1 is 1.05 bits per heavy atom. The van der Waals surface area contributed by atoms with Gasteiger partial charge in [0.2, 0.25) is 0 Å². The molecule has 1 unspecified atom stereocenters. The number of ether oxygens (including phenoxy) is 2. The first-order valence-electron chi connectivity index (χ1n) is 7.38. The van der Waals surface area contributed by atoms with Crippen LogP contribution in [-0.4, -0.2) is 33.5 Å². The predicted octanol–water partition coefficient (Wildman–Crippen LogP) is 3.42. The van der Waals surface area contributed by atoms with E-state index in [2.05, 4.69) is 56.4 Å². The summed E-state index contributed by atoms with van der Waals surface area (Å²) in [6.45, 7) is 9.73. The van der Waals surface area contributed by atoms with Crippen molar-refractivity contribution in [3.63, 3.8) is 0 Å². The van der Waals surface area contributed by atoms with E-state index >= 15 is 0 Å². The average Bonchev–Trinajstić information content (AvgIpc) is 2.41. The monoisotopic (exact) mass is 279 g/mol. The number of nitrogens with one attached hydrogen (secondary N) is 1. The van der Waals surface area contributed by atoms with Crippen LogP contribution in [0.15, 0.2) is 30.3 Å². The Labute approximate surface area is 123 Å². The van der Waals surface area contributed by atoms with Gasteiger partial charge >= 0.3 is 0 Å². The van der Waals surface area contributed by atoms with Gasteiger partial charge in [-0.1, -0.05) is 51.1 Å². The summed E-state index contributed by atoms with van der Waals surface area (Å²) >= 11 is 0. The lowest BCUT2D eigenvalue weighted by Crippen LogP contribution is -2.29. The molecule has 0 aliphatic heterocycles. The van der Waals surface area contributed by atoms with Crippen LogP contribution in [0.25, 0.3) is 0 Å². The van der Waals surface area contributed by atoms with E-state index in [1.165, 1.54) is 5.56 Å². The molecule has 0 amide bonds. The first-order chi connectivity index (χ1) is 9.53. The smallest absolute Gasteiger partial charge is 0.0700 e. The highest BCUT2D eigenvalue weighted by Crippen LogP contribution is 2.29. The molecule has 20 heavy (non-hydrogen) atoms. The van der Waals surface area contributed by atoms with E-state index in [0.717, 1.165) is 19.6 Å². The first-order valence-corrected chi connectivity index (χ1v) is 7.38. The Bertz CT molecular complexity index is 346. The molecule has 1 rings (SSSR count). The van der Waals surface area contributed by atoms with Crippen LogP contribution in [0.2, 0.25) is 0 Å². The first kappa shape index (κ1) is 17.2. The lowest BCUT2D eigenvalue weighted by atomic mass is 9.85. The maximum atomic E-state index is 5.50. The standard InChI is InChI=1S/C17H29NO2/c1-17(2,3)14-16(15-8-6-5-7-9-15)18-10-11-20-13-12-19-4/h5-9,16,18H,10-14H2,1-4H3. The molecule has 114 valence electrons. The van der Waals surface area contributed by atoms with Gasteiger partial charge < -0.3 is 14.8 Å². The molecule has 1 N–H and O–H groups in total. The summed E-state index contributed by atoms with van der Waals surface area (Å²) in [7, 11) is 1.69. The van der Waals surface area contributed by atoms with Crippen molar-refractivity contribution in [1.29, 1.82) is 0 Å². The molecule has 0 saturated heterocycles. The zero-order chi connectivity index (χ0) is 14.8. The van der Waals surface area contributed by atoms with Crippen molar-refractivity contribution in [3.8, 4) is 0 Å². The van der Waals surface area contributed by atoms with E-state index in [0.29, 0.717) is 24.7 Å². The number of methoxy groups -OCH3 is 1. The summed E-state index contributed by atoms with van der Waals surface area (Å²) < 4.78 is 10.5. The van der Waals surface area contributed by atoms with Gasteiger partial charge in [-0.3, -0.25) is 0 Å². The highest BCUT2D eigenvalue weighted by molar-refractivity contribution is 5.19. The number of hydrogen-bond acceptors (Lipinski definition) is 3. The van der Waals surface area contributed by atoms with Crippen LogP contribution in [0.3, 0.4) is 0 Å². The zero-order valence-electron chi connectivity index (χ0n) is 13.3. The molecule has 0 aliphatic carbocycles. The fourth-order valence-corrected chi connectivity index (χ4v) is 2.16. The molecule has 0 aromatic heterocycles. The molecule has 1 aromatic carbocycles. The summed E-state index contributed by atoms with van der Waals surface area (Å²) in [4.78, 5) is 0. The van der Waals surface area contributed by atoms with Crippen molar-refractivity contribution in [3.05, 3.63) is 35.9 Å². The van der Waals surface area contributed by atoms with Crippen LogP contribution in [0.5, 0.6) is 0 Å². The Balaban J connectivity index is 2.43. The minimum atomic E-state index is 0.296. The number of hydrogen-bond donors (Lipinski definition) is 1. The van der Waals surface area contributed by atoms with Crippen LogP contribution in [0.4, 0.5) is 0 Å². The van der Waals surface area contributed by atoms with Gasteiger partial charge in [0.05, 0.1) is 19.8 Å². The van der Waals surface area contributed by atoms with Gasteiger partial charge in [0.1, 0.15) is 0 Å². The van der Waals surface area contributed by atoms with Gasteiger partial charge in [-0.05, 0) is 17.4 Å². The molecule has 1 aromatic rings. The molecule has 1 atom stereocenters. The largest absolute Gasteiger partial charge is 0.382 e. The van der Waals surface area contributed by atoms with Gasteiger partial charge in [0, 0.05) is 19.7 Å². The van der Waals surface area contributed by atoms with Crippen LogP contribution >= 0.6 is 0 Å². The maximum Gasteiger partial charge on any atom is 0.0700 e. The average molecular weight is 279 g/mol. The minimum absolute atomic E-state index is 0.296. The fourth-order valence-electron chi connectivity index (χ4n) is 2.16. The molecule has 0 spiro atoms. The Hall–Kier alpha value is -0.900. The van der Waals surface area contributed by atoms with E-state index in [4.69, 9.17) is 9.47 Å². The second kappa shape index (κ2) is 9.11. The Kier molecular flexibility index (Phi) is 7.82. The van der Waals surface area contributed by atoms with Gasteiger partial charge in [-0.2, -0.15) is 0 Å². The van der Waals surface area contributed by atoms with E-state index in [1.807, 2.05) is 0 Å². The van der Waals surface area contributed by atoms with Crippen molar-refractivity contribution >= 4 is 0 Å². The van der Waals surface area contributed by atoms with Gasteiger partial charge in [0.25, 0.3) is 0 Å². The molecular weight excluding hydrogens is 250 g/mol. The molecule has 0 saturated carbocycles. The Morgan fingerprint density at radius 2 is 1.75 bits per heavy atom. The molecular formula is C17H29NO2. The van der Waals surface area contributed by atoms with E-state index in [9.17, 15) is 0 Å². The summed E-state index contributed by atoms with van der Waals surface area (Å²) in [5.74, 6) is 0. The van der Waals surface area contributed by atoms with Gasteiger partial charge in [0.15, 0.2) is 0 Å². The van der Waals surface area contributed by atoms with Crippen molar-refractivity contribution in [1.82, 2.24) is 5.32 Å². The number of benzene rings is 1. The molecule has 0 fully saturated rings. The van der Waals surface area contributed by atoms with Crippen molar-refractivity contribution in [2.45, 2.75) is 33.2 Å². The quantitative estimate of drug-likeness (QED) is 0.703. The van der Waals surface area contributed by atoms with E-state index < -0.39 is 0 Å². The fraction of sp³-hybridized carbons (Fsp3) is 0.647. The lowest BCUT2D eigenvalue weighted by Gasteiger charge is -2.27. The molecule has 0 radical (unpaired) electrons. The van der Waals surface area contributed by atoms with Crippen LogP contribution in [-0.2, 0) is 9.47 Å².